The summed E-state index contributed by atoms with van der Waals surface area (Å²) in [4.78, 5) is 0. The molecular formula is C20H44. The van der Waals surface area contributed by atoms with Crippen molar-refractivity contribution in [2.24, 2.45) is 29.1 Å². The van der Waals surface area contributed by atoms with Gasteiger partial charge in [-0.05, 0) is 35.5 Å². The molecule has 0 spiro atoms. The Bertz CT molecular complexity index is 198. The summed E-state index contributed by atoms with van der Waals surface area (Å²) in [5.41, 5.74) is 0.512. The van der Waals surface area contributed by atoms with Gasteiger partial charge in [0.05, 0.1) is 0 Å². The fourth-order valence-electron chi connectivity index (χ4n) is 2.40. The Morgan fingerprint density at radius 1 is 0.750 bits per heavy atom. The molecule has 1 atom stereocenters. The van der Waals surface area contributed by atoms with Crippen molar-refractivity contribution in [1.82, 2.24) is 0 Å². The van der Waals surface area contributed by atoms with E-state index in [2.05, 4.69) is 69.2 Å². The maximum Gasteiger partial charge on any atom is -0.0326 e. The molecule has 0 amide bonds. The van der Waals surface area contributed by atoms with Crippen molar-refractivity contribution in [3.63, 3.8) is 0 Å². The largest absolute Gasteiger partial charge is 0.0654 e. The molecule has 0 radical (unpaired) electrons. The molecule has 0 aliphatic heterocycles. The average molecular weight is 285 g/mol. The van der Waals surface area contributed by atoms with Gasteiger partial charge in [-0.15, -0.1) is 0 Å². The zero-order chi connectivity index (χ0) is 16.3. The van der Waals surface area contributed by atoms with Gasteiger partial charge in [0.2, 0.25) is 0 Å². The van der Waals surface area contributed by atoms with Crippen molar-refractivity contribution in [3.05, 3.63) is 0 Å². The van der Waals surface area contributed by atoms with E-state index in [9.17, 15) is 0 Å². The van der Waals surface area contributed by atoms with Crippen LogP contribution in [0, 0.1) is 29.1 Å². The maximum atomic E-state index is 2.42. The normalized spacial score (nSPS) is 13.7. The molecular weight excluding hydrogens is 240 g/mol. The lowest BCUT2D eigenvalue weighted by Crippen LogP contribution is -2.26. The second-order valence-electron chi connectivity index (χ2n) is 8.49. The fourth-order valence-corrected chi connectivity index (χ4v) is 2.40. The summed E-state index contributed by atoms with van der Waals surface area (Å²) in [6.07, 6.45) is 6.88. The molecule has 0 nitrogen and oxygen atoms in total. The predicted octanol–water partition coefficient (Wildman–Crippen LogP) is 7.57. The van der Waals surface area contributed by atoms with Crippen LogP contribution in [0.3, 0.4) is 0 Å². The summed E-state index contributed by atoms with van der Waals surface area (Å²) in [5.74, 6) is 3.38. The summed E-state index contributed by atoms with van der Waals surface area (Å²) in [6, 6.07) is 0. The molecule has 0 rings (SSSR count). The predicted molar refractivity (Wildman–Crippen MR) is 96.2 cm³/mol. The molecule has 0 bridgehead atoms. The molecule has 0 heteroatoms. The third-order valence-electron chi connectivity index (χ3n) is 4.73. The lowest BCUT2D eigenvalue weighted by atomic mass is 9.71. The molecule has 0 aliphatic rings. The van der Waals surface area contributed by atoms with E-state index in [1.54, 1.807) is 0 Å². The van der Waals surface area contributed by atoms with Crippen molar-refractivity contribution >= 4 is 0 Å². The van der Waals surface area contributed by atoms with Gasteiger partial charge < -0.3 is 0 Å². The van der Waals surface area contributed by atoms with Crippen LogP contribution in [0.2, 0.25) is 0 Å². The first-order valence-electron chi connectivity index (χ1n) is 9.04. The molecule has 0 aliphatic carbocycles. The highest BCUT2D eigenvalue weighted by Gasteiger charge is 2.27. The number of hydrogen-bond acceptors (Lipinski definition) is 0. The summed E-state index contributed by atoms with van der Waals surface area (Å²) in [5, 5.41) is 0. The average Bonchev–Trinajstić information content (AvgIpc) is 2.33. The van der Waals surface area contributed by atoms with Crippen LogP contribution in [0.15, 0.2) is 0 Å². The van der Waals surface area contributed by atoms with E-state index in [1.165, 1.54) is 32.1 Å². The van der Waals surface area contributed by atoms with Gasteiger partial charge in [-0.3, -0.25) is 0 Å². The van der Waals surface area contributed by atoms with Gasteiger partial charge in [-0.1, -0.05) is 94.9 Å². The quantitative estimate of drug-likeness (QED) is 0.431. The molecule has 0 N–H and O–H groups in total. The van der Waals surface area contributed by atoms with Crippen LogP contribution in [0.25, 0.3) is 0 Å². The van der Waals surface area contributed by atoms with E-state index >= 15 is 0 Å². The molecule has 20 heavy (non-hydrogen) atoms. The first-order valence-corrected chi connectivity index (χ1v) is 9.04. The molecule has 0 aromatic rings. The second-order valence-corrected chi connectivity index (χ2v) is 8.49. The highest BCUT2D eigenvalue weighted by Crippen LogP contribution is 2.37. The zero-order valence-corrected chi connectivity index (χ0v) is 16.3. The van der Waals surface area contributed by atoms with E-state index in [4.69, 9.17) is 0 Å². The lowest BCUT2D eigenvalue weighted by molar-refractivity contribution is 0.151. The summed E-state index contributed by atoms with van der Waals surface area (Å²) in [6.45, 7) is 23.3. The Hall–Kier alpha value is 0. The molecule has 1 unspecified atom stereocenters. The highest BCUT2D eigenvalue weighted by molar-refractivity contribution is 4.77. The van der Waals surface area contributed by atoms with Crippen LogP contribution >= 0.6 is 0 Å². The van der Waals surface area contributed by atoms with E-state index < -0.39 is 0 Å². The number of rotatable bonds is 8. The minimum Gasteiger partial charge on any atom is -0.0654 e. The Kier molecular flexibility index (Phi) is 13.0. The number of unbranched alkanes of at least 4 members (excludes halogenated alkanes) is 1. The Morgan fingerprint density at radius 2 is 1.20 bits per heavy atom. The molecule has 0 heterocycles. The van der Waals surface area contributed by atoms with Crippen molar-refractivity contribution in [2.75, 3.05) is 0 Å². The topological polar surface area (TPSA) is 0 Å². The Balaban J connectivity index is 0. The third-order valence-corrected chi connectivity index (χ3v) is 4.73. The van der Waals surface area contributed by atoms with E-state index in [-0.39, 0.29) is 0 Å². The lowest BCUT2D eigenvalue weighted by Gasteiger charge is -2.35. The second kappa shape index (κ2) is 11.6. The van der Waals surface area contributed by atoms with Gasteiger partial charge in [0.1, 0.15) is 0 Å². The maximum absolute atomic E-state index is 2.42. The Labute approximate surface area is 131 Å². The number of hydrogen-bond donors (Lipinski definition) is 0. The first kappa shape index (κ1) is 22.3. The first-order chi connectivity index (χ1) is 9.04. The van der Waals surface area contributed by atoms with Gasteiger partial charge in [0.15, 0.2) is 0 Å². The van der Waals surface area contributed by atoms with Crippen LogP contribution in [0.4, 0.5) is 0 Å². The standard InChI is InChI=1S/C13H28.C7H16/c1-10(2)8-9-13(6,7)12(5)11(3)4;1-4-5-6-7(2)3/h10-12H,8-9H2,1-7H3;7H,4-6H2,1-3H3. The minimum atomic E-state index is 0.512. The van der Waals surface area contributed by atoms with Gasteiger partial charge in [0, 0.05) is 0 Å². The highest BCUT2D eigenvalue weighted by atomic mass is 14.3. The van der Waals surface area contributed by atoms with E-state index in [0.717, 1.165) is 23.7 Å². The van der Waals surface area contributed by atoms with Gasteiger partial charge in [-0.2, -0.15) is 0 Å². The van der Waals surface area contributed by atoms with Gasteiger partial charge in [0.25, 0.3) is 0 Å². The van der Waals surface area contributed by atoms with Crippen molar-refractivity contribution in [2.45, 2.75) is 101 Å². The van der Waals surface area contributed by atoms with E-state index in [0.29, 0.717) is 5.41 Å². The summed E-state index contributed by atoms with van der Waals surface area (Å²) in [7, 11) is 0. The monoisotopic (exact) mass is 284 g/mol. The zero-order valence-electron chi connectivity index (χ0n) is 16.3. The van der Waals surface area contributed by atoms with E-state index in [1.807, 2.05) is 0 Å². The van der Waals surface area contributed by atoms with Crippen LogP contribution in [0.1, 0.15) is 101 Å². The summed E-state index contributed by atoms with van der Waals surface area (Å²) < 4.78 is 0. The molecule has 0 aromatic heterocycles. The van der Waals surface area contributed by atoms with Crippen molar-refractivity contribution < 1.29 is 0 Å². The van der Waals surface area contributed by atoms with Crippen LogP contribution in [-0.4, -0.2) is 0 Å². The molecule has 0 saturated carbocycles. The fraction of sp³-hybridized carbons (Fsp3) is 1.00. The van der Waals surface area contributed by atoms with Crippen LogP contribution < -0.4 is 0 Å². The van der Waals surface area contributed by atoms with Crippen molar-refractivity contribution in [3.8, 4) is 0 Å². The molecule has 0 fully saturated rings. The molecule has 0 aromatic carbocycles. The van der Waals surface area contributed by atoms with Crippen molar-refractivity contribution in [1.29, 1.82) is 0 Å². The minimum absolute atomic E-state index is 0.512. The van der Waals surface area contributed by atoms with Gasteiger partial charge >= 0.3 is 0 Å². The SMILES string of the molecule is CC(C)CCC(C)(C)C(C)C(C)C.CCCCC(C)C. The Morgan fingerprint density at radius 3 is 1.45 bits per heavy atom. The van der Waals surface area contributed by atoms with Gasteiger partial charge in [-0.25, -0.2) is 0 Å². The third kappa shape index (κ3) is 13.0. The molecule has 0 saturated heterocycles. The van der Waals surface area contributed by atoms with Crippen LogP contribution in [0.5, 0.6) is 0 Å². The van der Waals surface area contributed by atoms with Crippen LogP contribution in [-0.2, 0) is 0 Å². The molecule has 124 valence electrons. The summed E-state index contributed by atoms with van der Waals surface area (Å²) >= 11 is 0. The smallest absolute Gasteiger partial charge is 0.0326 e.